The molecule has 1 unspecified atom stereocenters. The van der Waals surface area contributed by atoms with Crippen LogP contribution in [0.3, 0.4) is 0 Å². The number of hydrogen-bond donors (Lipinski definition) is 1. The molecule has 26 heavy (non-hydrogen) atoms. The van der Waals surface area contributed by atoms with Crippen molar-refractivity contribution in [2.75, 3.05) is 11.9 Å². The predicted octanol–water partition coefficient (Wildman–Crippen LogP) is 6.35. The molecule has 1 amide bonds. The molecule has 146 valence electrons. The lowest BCUT2D eigenvalue weighted by molar-refractivity contribution is -0.116. The van der Waals surface area contributed by atoms with Gasteiger partial charge in [-0.2, -0.15) is 0 Å². The van der Waals surface area contributed by atoms with Gasteiger partial charge in [0, 0.05) is 11.2 Å². The fourth-order valence-electron chi connectivity index (χ4n) is 3.56. The Balaban J connectivity index is 1.94. The zero-order valence-corrected chi connectivity index (χ0v) is 18.1. The summed E-state index contributed by atoms with van der Waals surface area (Å²) in [6.45, 7) is 6.99. The van der Waals surface area contributed by atoms with Crippen molar-refractivity contribution < 1.29 is 9.53 Å². The Morgan fingerprint density at radius 2 is 2.00 bits per heavy atom. The largest absolute Gasteiger partial charge is 0.492 e. The van der Waals surface area contributed by atoms with Crippen LogP contribution in [0.25, 0.3) is 0 Å². The molecule has 0 spiro atoms. The molecule has 1 aromatic rings. The molecule has 1 saturated carbocycles. The van der Waals surface area contributed by atoms with Crippen LogP contribution in [0.15, 0.2) is 18.2 Å². The lowest BCUT2D eigenvalue weighted by atomic mass is 9.86. The quantitative estimate of drug-likeness (QED) is 0.470. The molecule has 1 fully saturated rings. The third kappa shape index (κ3) is 6.94. The summed E-state index contributed by atoms with van der Waals surface area (Å²) in [6.07, 6.45) is 9.15. The van der Waals surface area contributed by atoms with E-state index in [2.05, 4.69) is 47.2 Å². The number of benzene rings is 1. The Bertz CT molecular complexity index is 567. The smallest absolute Gasteiger partial charge is 0.224 e. The van der Waals surface area contributed by atoms with Crippen LogP contribution in [0, 0.1) is 11.8 Å². The summed E-state index contributed by atoms with van der Waals surface area (Å²) in [4.78, 5) is 12.8. The highest BCUT2D eigenvalue weighted by atomic mass is 79.9. The number of amides is 1. The number of ether oxygens (including phenoxy) is 1. The van der Waals surface area contributed by atoms with E-state index in [9.17, 15) is 4.79 Å². The van der Waals surface area contributed by atoms with E-state index in [1.165, 1.54) is 37.7 Å². The normalized spacial score (nSPS) is 16.5. The standard InChI is InChI=1S/C22H34BrNO2/c1-4-26-21-15-18(14-19(23)16(2)3)10-12-20(21)24-22(25)13-11-17-8-6-5-7-9-17/h10,12,15-17,19H,4-9,11,13-14H2,1-3H3,(H,24,25). The maximum atomic E-state index is 12.4. The van der Waals surface area contributed by atoms with E-state index >= 15 is 0 Å². The van der Waals surface area contributed by atoms with Crippen LogP contribution < -0.4 is 10.1 Å². The van der Waals surface area contributed by atoms with Crippen LogP contribution >= 0.6 is 15.9 Å². The molecule has 3 nitrogen and oxygen atoms in total. The summed E-state index contributed by atoms with van der Waals surface area (Å²) >= 11 is 3.75. The first-order valence-corrected chi connectivity index (χ1v) is 11.1. The molecule has 1 atom stereocenters. The molecule has 0 radical (unpaired) electrons. The molecule has 2 rings (SSSR count). The van der Waals surface area contributed by atoms with Crippen molar-refractivity contribution in [3.63, 3.8) is 0 Å². The molecule has 0 aromatic heterocycles. The summed E-state index contributed by atoms with van der Waals surface area (Å²) in [5.41, 5.74) is 2.02. The summed E-state index contributed by atoms with van der Waals surface area (Å²) in [6, 6.07) is 6.14. The minimum absolute atomic E-state index is 0.102. The lowest BCUT2D eigenvalue weighted by Gasteiger charge is -2.21. The van der Waals surface area contributed by atoms with E-state index in [4.69, 9.17) is 4.74 Å². The predicted molar refractivity (Wildman–Crippen MR) is 113 cm³/mol. The van der Waals surface area contributed by atoms with Crippen molar-refractivity contribution in [2.24, 2.45) is 11.8 Å². The first-order valence-electron chi connectivity index (χ1n) is 10.2. The van der Waals surface area contributed by atoms with Gasteiger partial charge in [-0.05, 0) is 49.3 Å². The highest BCUT2D eigenvalue weighted by Gasteiger charge is 2.16. The molecule has 1 aliphatic rings. The van der Waals surface area contributed by atoms with E-state index in [0.717, 1.165) is 30.2 Å². The van der Waals surface area contributed by atoms with E-state index in [1.807, 2.05) is 13.0 Å². The van der Waals surface area contributed by atoms with Gasteiger partial charge >= 0.3 is 0 Å². The number of nitrogens with one attached hydrogen (secondary N) is 1. The molecular formula is C22H34BrNO2. The second-order valence-electron chi connectivity index (χ2n) is 7.82. The molecule has 1 aliphatic carbocycles. The molecule has 0 aliphatic heterocycles. The van der Waals surface area contributed by atoms with Crippen molar-refractivity contribution in [2.45, 2.75) is 77.0 Å². The molecule has 4 heteroatoms. The second kappa shape index (κ2) is 11.0. The second-order valence-corrected chi connectivity index (χ2v) is 8.99. The van der Waals surface area contributed by atoms with Crippen LogP contribution in [0.2, 0.25) is 0 Å². The van der Waals surface area contributed by atoms with Gasteiger partial charge in [0.25, 0.3) is 0 Å². The molecule has 1 N–H and O–H groups in total. The van der Waals surface area contributed by atoms with Gasteiger partial charge in [0.2, 0.25) is 5.91 Å². The SMILES string of the molecule is CCOc1cc(CC(Br)C(C)C)ccc1NC(=O)CCC1CCCCC1. The fraction of sp³-hybridized carbons (Fsp3) is 0.682. The van der Waals surface area contributed by atoms with Crippen molar-refractivity contribution in [1.29, 1.82) is 0 Å². The van der Waals surface area contributed by atoms with Crippen LogP contribution in [0.1, 0.15) is 71.3 Å². The van der Waals surface area contributed by atoms with Crippen molar-refractivity contribution in [1.82, 2.24) is 0 Å². The third-order valence-electron chi connectivity index (χ3n) is 5.28. The summed E-state index contributed by atoms with van der Waals surface area (Å²) < 4.78 is 5.79. The molecular weight excluding hydrogens is 390 g/mol. The fourth-order valence-corrected chi connectivity index (χ4v) is 3.93. The first-order chi connectivity index (χ1) is 12.5. The van der Waals surface area contributed by atoms with Gasteiger partial charge in [-0.15, -0.1) is 0 Å². The first kappa shape index (κ1) is 21.3. The highest BCUT2D eigenvalue weighted by molar-refractivity contribution is 9.09. The van der Waals surface area contributed by atoms with Gasteiger partial charge in [0.1, 0.15) is 5.75 Å². The van der Waals surface area contributed by atoms with Crippen LogP contribution in [-0.2, 0) is 11.2 Å². The Labute approximate surface area is 167 Å². The van der Waals surface area contributed by atoms with Crippen LogP contribution in [0.4, 0.5) is 5.69 Å². The average molecular weight is 424 g/mol. The van der Waals surface area contributed by atoms with Crippen LogP contribution in [0.5, 0.6) is 5.75 Å². The van der Waals surface area contributed by atoms with Gasteiger partial charge < -0.3 is 10.1 Å². The Morgan fingerprint density at radius 3 is 2.65 bits per heavy atom. The maximum Gasteiger partial charge on any atom is 0.224 e. The summed E-state index contributed by atoms with van der Waals surface area (Å²) in [5, 5.41) is 3.06. The minimum Gasteiger partial charge on any atom is -0.492 e. The van der Waals surface area contributed by atoms with E-state index in [1.54, 1.807) is 0 Å². The zero-order chi connectivity index (χ0) is 18.9. The number of hydrogen-bond acceptors (Lipinski definition) is 2. The minimum atomic E-state index is 0.102. The molecule has 0 heterocycles. The number of carbonyl (C=O) groups excluding carboxylic acids is 1. The molecule has 0 saturated heterocycles. The van der Waals surface area contributed by atoms with Crippen molar-refractivity contribution >= 4 is 27.5 Å². The number of anilines is 1. The highest BCUT2D eigenvalue weighted by Crippen LogP contribution is 2.30. The van der Waals surface area contributed by atoms with Gasteiger partial charge in [-0.1, -0.05) is 67.9 Å². The van der Waals surface area contributed by atoms with E-state index in [-0.39, 0.29) is 5.91 Å². The Hall–Kier alpha value is -1.03. The summed E-state index contributed by atoms with van der Waals surface area (Å²) in [5.74, 6) is 2.18. The maximum absolute atomic E-state index is 12.4. The van der Waals surface area contributed by atoms with E-state index in [0.29, 0.717) is 23.8 Å². The van der Waals surface area contributed by atoms with Gasteiger partial charge in [-0.3, -0.25) is 4.79 Å². The summed E-state index contributed by atoms with van der Waals surface area (Å²) in [7, 11) is 0. The average Bonchev–Trinajstić information content (AvgIpc) is 2.63. The molecule has 0 bridgehead atoms. The monoisotopic (exact) mass is 423 g/mol. The van der Waals surface area contributed by atoms with Crippen molar-refractivity contribution in [3.05, 3.63) is 23.8 Å². The zero-order valence-electron chi connectivity index (χ0n) is 16.5. The van der Waals surface area contributed by atoms with Crippen molar-refractivity contribution in [3.8, 4) is 5.75 Å². The Morgan fingerprint density at radius 1 is 1.27 bits per heavy atom. The van der Waals surface area contributed by atoms with Gasteiger partial charge in [-0.25, -0.2) is 0 Å². The number of carbonyl (C=O) groups is 1. The number of rotatable bonds is 9. The van der Waals surface area contributed by atoms with Gasteiger partial charge in [0.05, 0.1) is 12.3 Å². The Kier molecular flexibility index (Phi) is 8.97. The third-order valence-corrected chi connectivity index (χ3v) is 6.66. The van der Waals surface area contributed by atoms with Gasteiger partial charge in [0.15, 0.2) is 0 Å². The molecule has 1 aromatic carbocycles. The lowest BCUT2D eigenvalue weighted by Crippen LogP contribution is -2.16. The topological polar surface area (TPSA) is 38.3 Å². The van der Waals surface area contributed by atoms with E-state index < -0.39 is 0 Å². The van der Waals surface area contributed by atoms with Crippen LogP contribution in [-0.4, -0.2) is 17.3 Å². The number of alkyl halides is 1. The number of halogens is 1.